The third kappa shape index (κ3) is 2.96. The molecular formula is C20H22N6O2. The predicted molar refractivity (Wildman–Crippen MR) is 107 cm³/mol. The minimum absolute atomic E-state index is 0.0970. The van der Waals surface area contributed by atoms with E-state index in [0.29, 0.717) is 22.9 Å². The molecule has 0 radical (unpaired) electrons. The summed E-state index contributed by atoms with van der Waals surface area (Å²) in [6, 6.07) is 14.1. The number of hydrogen-bond donors (Lipinski definition) is 4. The van der Waals surface area contributed by atoms with E-state index >= 15 is 0 Å². The Bertz CT molecular complexity index is 1160. The lowest BCUT2D eigenvalue weighted by molar-refractivity contribution is 0.162. The third-order valence-corrected chi connectivity index (χ3v) is 5.14. The summed E-state index contributed by atoms with van der Waals surface area (Å²) in [6.45, 7) is 2.08. The number of anilines is 2. The first kappa shape index (κ1) is 16.7. The zero-order valence-electron chi connectivity index (χ0n) is 15.5. The molecule has 1 unspecified atom stereocenters. The quantitative estimate of drug-likeness (QED) is 0.383. The molecule has 28 heavy (non-hydrogen) atoms. The van der Waals surface area contributed by atoms with E-state index in [1.54, 1.807) is 0 Å². The van der Waals surface area contributed by atoms with E-state index in [4.69, 9.17) is 0 Å². The Morgan fingerprint density at radius 1 is 1.00 bits per heavy atom. The molecule has 4 aromatic rings. The van der Waals surface area contributed by atoms with E-state index < -0.39 is 0 Å². The van der Waals surface area contributed by atoms with Crippen molar-refractivity contribution in [2.45, 2.75) is 38.3 Å². The highest BCUT2D eigenvalue weighted by Crippen LogP contribution is 2.30. The second-order valence-corrected chi connectivity index (χ2v) is 7.51. The fraction of sp³-hybridized carbons (Fsp3) is 0.300. The molecule has 1 atom stereocenters. The van der Waals surface area contributed by atoms with Gasteiger partial charge in [0.2, 0.25) is 0 Å². The number of benzene rings is 2. The highest BCUT2D eigenvalue weighted by Gasteiger charge is 2.23. The van der Waals surface area contributed by atoms with Crippen LogP contribution in [0.5, 0.6) is 0 Å². The first-order valence-electron chi connectivity index (χ1n) is 9.49. The zero-order valence-corrected chi connectivity index (χ0v) is 15.5. The van der Waals surface area contributed by atoms with Crippen LogP contribution in [0.1, 0.15) is 25.3 Å². The number of nitrogens with zero attached hydrogens (tertiary/aromatic N) is 4. The Morgan fingerprint density at radius 3 is 2.50 bits per heavy atom. The lowest BCUT2D eigenvalue weighted by Crippen LogP contribution is -2.18. The van der Waals surface area contributed by atoms with E-state index in [2.05, 4.69) is 33.8 Å². The molecule has 1 fully saturated rings. The number of nitrogens with one attached hydrogen (secondary N) is 2. The van der Waals surface area contributed by atoms with Gasteiger partial charge in [-0.2, -0.15) is 0 Å². The predicted octanol–water partition coefficient (Wildman–Crippen LogP) is 3.48. The maximum absolute atomic E-state index is 10.0. The zero-order chi connectivity index (χ0) is 19.3. The SMILES string of the molecule is CC(Cc1ccc2c(c1)c(NC1CC1)nn2O)Nc1nn(O)c2ccccc12. The van der Waals surface area contributed by atoms with Crippen LogP contribution in [0.15, 0.2) is 42.5 Å². The summed E-state index contributed by atoms with van der Waals surface area (Å²) in [4.78, 5) is 1.84. The molecule has 0 bridgehead atoms. The summed E-state index contributed by atoms with van der Waals surface area (Å²) in [5.74, 6) is 1.39. The monoisotopic (exact) mass is 378 g/mol. The normalized spacial score (nSPS) is 15.2. The van der Waals surface area contributed by atoms with Crippen LogP contribution < -0.4 is 10.6 Å². The van der Waals surface area contributed by atoms with Crippen molar-refractivity contribution in [3.8, 4) is 0 Å². The van der Waals surface area contributed by atoms with Crippen LogP contribution in [0.25, 0.3) is 21.8 Å². The van der Waals surface area contributed by atoms with Gasteiger partial charge in [-0.25, -0.2) is 0 Å². The van der Waals surface area contributed by atoms with Crippen molar-refractivity contribution >= 4 is 33.4 Å². The molecule has 0 amide bonds. The van der Waals surface area contributed by atoms with Gasteiger partial charge in [0.05, 0.1) is 0 Å². The highest BCUT2D eigenvalue weighted by molar-refractivity contribution is 5.91. The second-order valence-electron chi connectivity index (χ2n) is 7.51. The van der Waals surface area contributed by atoms with Gasteiger partial charge in [-0.05, 0) is 56.0 Å². The molecular weight excluding hydrogens is 356 g/mol. The first-order chi connectivity index (χ1) is 13.6. The van der Waals surface area contributed by atoms with Gasteiger partial charge in [0.1, 0.15) is 11.0 Å². The summed E-state index contributed by atoms with van der Waals surface area (Å²) < 4.78 is 0. The molecule has 1 saturated carbocycles. The van der Waals surface area contributed by atoms with Crippen molar-refractivity contribution in [2.75, 3.05) is 10.6 Å². The minimum atomic E-state index is 0.0970. The highest BCUT2D eigenvalue weighted by atomic mass is 16.5. The van der Waals surface area contributed by atoms with E-state index in [9.17, 15) is 10.4 Å². The topological polar surface area (TPSA) is 100 Å². The number of para-hydroxylation sites is 1. The van der Waals surface area contributed by atoms with Crippen molar-refractivity contribution in [1.82, 2.24) is 19.9 Å². The Morgan fingerprint density at radius 2 is 1.71 bits per heavy atom. The molecule has 8 nitrogen and oxygen atoms in total. The average molecular weight is 378 g/mol. The number of hydrogen-bond acceptors (Lipinski definition) is 6. The molecule has 0 saturated heterocycles. The van der Waals surface area contributed by atoms with Crippen LogP contribution >= 0.6 is 0 Å². The standard InChI is InChI=1S/C20H22N6O2/c1-12(21-19-15-4-2-3-5-17(15)25(27)23-19)10-13-6-9-18-16(11-13)20(24-26(18)28)22-14-7-8-14/h2-6,9,11-12,14,27-28H,7-8,10H2,1H3,(H,21,23)(H,22,24). The van der Waals surface area contributed by atoms with E-state index in [1.807, 2.05) is 36.4 Å². The maximum Gasteiger partial charge on any atom is 0.159 e. The first-order valence-corrected chi connectivity index (χ1v) is 9.49. The van der Waals surface area contributed by atoms with Crippen LogP contribution in [0.3, 0.4) is 0 Å². The Labute approximate surface area is 161 Å². The Kier molecular flexibility index (Phi) is 3.78. The van der Waals surface area contributed by atoms with Crippen molar-refractivity contribution < 1.29 is 10.4 Å². The summed E-state index contributed by atoms with van der Waals surface area (Å²) >= 11 is 0. The molecule has 8 heteroatoms. The number of rotatable bonds is 6. The van der Waals surface area contributed by atoms with Crippen LogP contribution in [0.2, 0.25) is 0 Å². The largest absolute Gasteiger partial charge is 0.411 e. The molecule has 144 valence electrons. The minimum Gasteiger partial charge on any atom is -0.411 e. The summed E-state index contributed by atoms with van der Waals surface area (Å²) in [6.07, 6.45) is 3.06. The molecule has 2 aromatic carbocycles. The lowest BCUT2D eigenvalue weighted by atomic mass is 10.0. The number of aromatic nitrogens is 4. The molecule has 2 heterocycles. The second kappa shape index (κ2) is 6.33. The third-order valence-electron chi connectivity index (χ3n) is 5.14. The van der Waals surface area contributed by atoms with Crippen molar-refractivity contribution in [3.63, 3.8) is 0 Å². The van der Waals surface area contributed by atoms with Crippen molar-refractivity contribution in [1.29, 1.82) is 0 Å². The van der Waals surface area contributed by atoms with Gasteiger partial charge in [0.25, 0.3) is 0 Å². The van der Waals surface area contributed by atoms with E-state index in [1.165, 1.54) is 0 Å². The molecule has 1 aliphatic carbocycles. The van der Waals surface area contributed by atoms with Gasteiger partial charge < -0.3 is 21.0 Å². The Balaban J connectivity index is 1.38. The molecule has 2 aromatic heterocycles. The van der Waals surface area contributed by atoms with Crippen molar-refractivity contribution in [3.05, 3.63) is 48.0 Å². The van der Waals surface area contributed by atoms with Crippen LogP contribution in [-0.4, -0.2) is 42.4 Å². The molecule has 0 aliphatic heterocycles. The van der Waals surface area contributed by atoms with Gasteiger partial charge in [-0.3, -0.25) is 0 Å². The fourth-order valence-electron chi connectivity index (χ4n) is 3.60. The molecule has 5 rings (SSSR count). The van der Waals surface area contributed by atoms with Gasteiger partial charge in [0, 0.05) is 22.9 Å². The van der Waals surface area contributed by atoms with Crippen LogP contribution in [-0.2, 0) is 6.42 Å². The number of fused-ring (bicyclic) bond motifs is 2. The average Bonchev–Trinajstić information content (AvgIpc) is 3.38. The van der Waals surface area contributed by atoms with Crippen molar-refractivity contribution in [2.24, 2.45) is 0 Å². The molecule has 4 N–H and O–H groups in total. The van der Waals surface area contributed by atoms with Crippen LogP contribution in [0.4, 0.5) is 11.6 Å². The molecule has 1 aliphatic rings. The summed E-state index contributed by atoms with van der Waals surface area (Å²) in [7, 11) is 0. The van der Waals surface area contributed by atoms with Gasteiger partial charge >= 0.3 is 0 Å². The van der Waals surface area contributed by atoms with Gasteiger partial charge in [-0.15, -0.1) is 10.2 Å². The lowest BCUT2D eigenvalue weighted by Gasteiger charge is -2.14. The van der Waals surface area contributed by atoms with Gasteiger partial charge in [0.15, 0.2) is 11.6 Å². The Hall–Kier alpha value is -3.42. The van der Waals surface area contributed by atoms with E-state index in [-0.39, 0.29) is 6.04 Å². The summed E-state index contributed by atoms with van der Waals surface area (Å²) in [5, 5.41) is 36.9. The molecule has 0 spiro atoms. The summed E-state index contributed by atoms with van der Waals surface area (Å²) in [5.41, 5.74) is 2.49. The smallest absolute Gasteiger partial charge is 0.159 e. The van der Waals surface area contributed by atoms with Gasteiger partial charge in [-0.1, -0.05) is 27.9 Å². The fourth-order valence-corrected chi connectivity index (χ4v) is 3.60. The van der Waals surface area contributed by atoms with E-state index in [0.717, 1.165) is 51.1 Å². The maximum atomic E-state index is 10.0. The van der Waals surface area contributed by atoms with Crippen LogP contribution in [0, 0.1) is 0 Å².